The Kier molecular flexibility index (Phi) is 4.90. The number of aromatic hydroxyl groups is 1. The molecule has 5 heteroatoms. The fraction of sp³-hybridized carbons (Fsp3) is 0.500. The van der Waals surface area contributed by atoms with Crippen molar-refractivity contribution in [3.63, 3.8) is 0 Å². The van der Waals surface area contributed by atoms with E-state index in [9.17, 15) is 4.79 Å². The van der Waals surface area contributed by atoms with E-state index in [0.29, 0.717) is 12.5 Å². The number of hydrogen-bond donors (Lipinski definition) is 2. The molecular formula is C12H19N3O2. The number of nitrogens with two attached hydrogens (primary N) is 1. The molecule has 94 valence electrons. The van der Waals surface area contributed by atoms with E-state index in [1.54, 1.807) is 12.1 Å². The Balaban J connectivity index is 2.64. The lowest BCUT2D eigenvalue weighted by Gasteiger charge is -2.22. The first-order chi connectivity index (χ1) is 7.97. The molecule has 5 nitrogen and oxygen atoms in total. The van der Waals surface area contributed by atoms with E-state index in [0.717, 1.165) is 12.2 Å². The average molecular weight is 237 g/mol. The van der Waals surface area contributed by atoms with Crippen molar-refractivity contribution in [2.45, 2.75) is 20.4 Å². The molecule has 0 unspecified atom stereocenters. The first kappa shape index (κ1) is 13.4. The highest BCUT2D eigenvalue weighted by molar-refractivity contribution is 5.75. The van der Waals surface area contributed by atoms with Crippen molar-refractivity contribution in [3.8, 4) is 5.75 Å². The number of hydrogen-bond acceptors (Lipinski definition) is 4. The minimum atomic E-state index is -0.343. The zero-order valence-electron chi connectivity index (χ0n) is 10.3. The number of pyridine rings is 1. The second-order valence-corrected chi connectivity index (χ2v) is 4.54. The highest BCUT2D eigenvalue weighted by atomic mass is 16.3. The number of carbonyl (C=O) groups excluding carboxylic acids is 1. The van der Waals surface area contributed by atoms with Crippen LogP contribution in [0.4, 0.5) is 0 Å². The molecule has 0 radical (unpaired) electrons. The van der Waals surface area contributed by atoms with Crippen molar-refractivity contribution >= 4 is 5.91 Å². The molecule has 0 bridgehead atoms. The Hall–Kier alpha value is -1.62. The van der Waals surface area contributed by atoms with Crippen LogP contribution >= 0.6 is 0 Å². The number of aromatic nitrogens is 1. The zero-order chi connectivity index (χ0) is 12.8. The number of nitrogens with zero attached hydrogens (tertiary/aromatic N) is 2. The maximum Gasteiger partial charge on any atom is 0.231 e. The Labute approximate surface area is 101 Å². The van der Waals surface area contributed by atoms with Crippen LogP contribution in [0.25, 0.3) is 0 Å². The molecule has 0 spiro atoms. The van der Waals surface area contributed by atoms with Gasteiger partial charge in [0.25, 0.3) is 0 Å². The molecule has 1 rings (SSSR count). The molecule has 1 amide bonds. The van der Waals surface area contributed by atoms with E-state index in [1.165, 1.54) is 6.20 Å². The van der Waals surface area contributed by atoms with Gasteiger partial charge >= 0.3 is 0 Å². The molecule has 0 saturated carbocycles. The van der Waals surface area contributed by atoms with Crippen LogP contribution in [0.15, 0.2) is 18.3 Å². The molecule has 1 aromatic heterocycles. The van der Waals surface area contributed by atoms with E-state index in [2.05, 4.69) is 18.8 Å². The lowest BCUT2D eigenvalue weighted by Crippen LogP contribution is -2.35. The van der Waals surface area contributed by atoms with Gasteiger partial charge in [-0.1, -0.05) is 13.8 Å². The first-order valence-corrected chi connectivity index (χ1v) is 5.62. The van der Waals surface area contributed by atoms with Gasteiger partial charge in [-0.3, -0.25) is 14.7 Å². The summed E-state index contributed by atoms with van der Waals surface area (Å²) in [6.07, 6.45) is 1.40. The summed E-state index contributed by atoms with van der Waals surface area (Å²) in [7, 11) is 0. The van der Waals surface area contributed by atoms with Crippen LogP contribution in [0.2, 0.25) is 0 Å². The van der Waals surface area contributed by atoms with Crippen molar-refractivity contribution in [2.75, 3.05) is 13.1 Å². The third-order valence-corrected chi connectivity index (χ3v) is 2.20. The highest BCUT2D eigenvalue weighted by Gasteiger charge is 2.11. The average Bonchev–Trinajstić information content (AvgIpc) is 2.19. The Morgan fingerprint density at radius 2 is 2.24 bits per heavy atom. The van der Waals surface area contributed by atoms with Gasteiger partial charge in [-0.05, 0) is 18.1 Å². The van der Waals surface area contributed by atoms with Crippen LogP contribution in [0.5, 0.6) is 5.75 Å². The topological polar surface area (TPSA) is 79.5 Å². The third-order valence-electron chi connectivity index (χ3n) is 2.20. The van der Waals surface area contributed by atoms with Gasteiger partial charge in [0.1, 0.15) is 5.75 Å². The fourth-order valence-corrected chi connectivity index (χ4v) is 1.66. The Morgan fingerprint density at radius 1 is 1.53 bits per heavy atom. The SMILES string of the molecule is CC(C)CN(CC(N)=O)Cc1ccc(O)cn1. The van der Waals surface area contributed by atoms with Gasteiger partial charge in [-0.2, -0.15) is 0 Å². The van der Waals surface area contributed by atoms with E-state index in [1.807, 2.05) is 4.90 Å². The van der Waals surface area contributed by atoms with Gasteiger partial charge in [0.2, 0.25) is 5.91 Å². The van der Waals surface area contributed by atoms with Crippen LogP contribution in [0.3, 0.4) is 0 Å². The van der Waals surface area contributed by atoms with E-state index in [4.69, 9.17) is 10.8 Å². The molecule has 0 aliphatic carbocycles. The summed E-state index contributed by atoms with van der Waals surface area (Å²) in [5.41, 5.74) is 6.02. The first-order valence-electron chi connectivity index (χ1n) is 5.62. The molecule has 0 aromatic carbocycles. The van der Waals surface area contributed by atoms with Gasteiger partial charge in [-0.15, -0.1) is 0 Å². The minimum Gasteiger partial charge on any atom is -0.506 e. The van der Waals surface area contributed by atoms with Crippen LogP contribution < -0.4 is 5.73 Å². The lowest BCUT2D eigenvalue weighted by molar-refractivity contribution is -0.119. The number of amides is 1. The van der Waals surface area contributed by atoms with Crippen molar-refractivity contribution in [2.24, 2.45) is 11.7 Å². The largest absolute Gasteiger partial charge is 0.506 e. The maximum atomic E-state index is 11.0. The van der Waals surface area contributed by atoms with Crippen molar-refractivity contribution < 1.29 is 9.90 Å². The van der Waals surface area contributed by atoms with E-state index < -0.39 is 0 Å². The highest BCUT2D eigenvalue weighted by Crippen LogP contribution is 2.09. The molecule has 0 atom stereocenters. The second kappa shape index (κ2) is 6.20. The summed E-state index contributed by atoms with van der Waals surface area (Å²) in [6.45, 7) is 5.73. The van der Waals surface area contributed by atoms with Crippen LogP contribution in [0, 0.1) is 5.92 Å². The molecule has 0 aliphatic rings. The monoisotopic (exact) mass is 237 g/mol. The second-order valence-electron chi connectivity index (χ2n) is 4.54. The molecule has 1 aromatic rings. The smallest absolute Gasteiger partial charge is 0.231 e. The predicted octanol–water partition coefficient (Wildman–Crippen LogP) is 0.730. The Bertz CT molecular complexity index is 363. The quantitative estimate of drug-likeness (QED) is 0.764. The number of rotatable bonds is 6. The number of carbonyl (C=O) groups is 1. The van der Waals surface area contributed by atoms with Gasteiger partial charge < -0.3 is 10.8 Å². The van der Waals surface area contributed by atoms with Gasteiger partial charge in [-0.25, -0.2) is 0 Å². The van der Waals surface area contributed by atoms with Crippen molar-refractivity contribution in [1.82, 2.24) is 9.88 Å². The van der Waals surface area contributed by atoms with Gasteiger partial charge in [0.15, 0.2) is 0 Å². The van der Waals surface area contributed by atoms with Gasteiger partial charge in [0.05, 0.1) is 18.4 Å². The van der Waals surface area contributed by atoms with Crippen LogP contribution in [0.1, 0.15) is 19.5 Å². The van der Waals surface area contributed by atoms with Crippen molar-refractivity contribution in [1.29, 1.82) is 0 Å². The minimum absolute atomic E-state index is 0.138. The molecular weight excluding hydrogens is 218 g/mol. The summed E-state index contributed by atoms with van der Waals surface area (Å²) in [5.74, 6) is 0.245. The van der Waals surface area contributed by atoms with Gasteiger partial charge in [0, 0.05) is 13.1 Å². The fourth-order valence-electron chi connectivity index (χ4n) is 1.66. The summed E-state index contributed by atoms with van der Waals surface area (Å²) in [5, 5.41) is 9.13. The maximum absolute atomic E-state index is 11.0. The van der Waals surface area contributed by atoms with E-state index >= 15 is 0 Å². The van der Waals surface area contributed by atoms with Crippen molar-refractivity contribution in [3.05, 3.63) is 24.0 Å². The normalized spacial score (nSPS) is 11.1. The molecule has 17 heavy (non-hydrogen) atoms. The molecule has 0 aliphatic heterocycles. The van der Waals surface area contributed by atoms with Crippen LogP contribution in [-0.4, -0.2) is 34.0 Å². The summed E-state index contributed by atoms with van der Waals surface area (Å²) in [4.78, 5) is 17.0. The van der Waals surface area contributed by atoms with E-state index in [-0.39, 0.29) is 18.2 Å². The summed E-state index contributed by atoms with van der Waals surface area (Å²) >= 11 is 0. The zero-order valence-corrected chi connectivity index (χ0v) is 10.3. The molecule has 1 heterocycles. The third kappa shape index (κ3) is 5.31. The standard InChI is InChI=1S/C12H19N3O2/c1-9(2)6-15(8-12(13)17)7-10-3-4-11(16)5-14-10/h3-5,9,16H,6-8H2,1-2H3,(H2,13,17). The van der Waals surface area contributed by atoms with Crippen LogP contribution in [-0.2, 0) is 11.3 Å². The predicted molar refractivity (Wildman–Crippen MR) is 65.2 cm³/mol. The molecule has 0 fully saturated rings. The number of primary amides is 1. The molecule has 0 saturated heterocycles. The Morgan fingerprint density at radius 3 is 2.71 bits per heavy atom. The molecule has 3 N–H and O–H groups in total. The lowest BCUT2D eigenvalue weighted by atomic mass is 10.2. The summed E-state index contributed by atoms with van der Waals surface area (Å²) in [6, 6.07) is 3.32. The summed E-state index contributed by atoms with van der Waals surface area (Å²) < 4.78 is 0.